The average molecular weight is 600 g/mol. The predicted octanol–water partition coefficient (Wildman–Crippen LogP) is 6.25. The lowest BCUT2D eigenvalue weighted by molar-refractivity contribution is -0.115. The van der Waals surface area contributed by atoms with Crippen molar-refractivity contribution in [2.45, 2.75) is 100 Å². The minimum Gasteiger partial charge on any atom is -0.326 e. The number of hydrogen-bond donors (Lipinski definition) is 2. The molecule has 2 aliphatic rings. The Kier molecular flexibility index (Phi) is 10.6. The van der Waals surface area contributed by atoms with Crippen molar-refractivity contribution >= 4 is 39.1 Å². The third kappa shape index (κ3) is 7.54. The number of sulfone groups is 1. The molecule has 4 rings (SSSR count). The van der Waals surface area contributed by atoms with Gasteiger partial charge < -0.3 is 10.2 Å². The van der Waals surface area contributed by atoms with Gasteiger partial charge in [-0.15, -0.1) is 11.8 Å². The van der Waals surface area contributed by atoms with Crippen LogP contribution < -0.4 is 10.6 Å². The van der Waals surface area contributed by atoms with Crippen molar-refractivity contribution in [3.05, 3.63) is 59.7 Å². The summed E-state index contributed by atoms with van der Waals surface area (Å²) in [6.45, 7) is 8.89. The standard InChI is InChI=1S/C32H45N3O4S2/c1-5-35(31-34-32(4,23(3)40-31)26-12-10-8-7-9-11-13-26)30(37)25-16-18-27(19-17-25)33-29(36)22-24-14-20-28(21-15-24)41(38,39)6-2/h14-21,23,26,31,34H,5-13,22H2,1-4H3,(H,33,36). The number of carbonyl (C=O) groups excluding carboxylic acids is 2. The van der Waals surface area contributed by atoms with Crippen LogP contribution >= 0.6 is 11.8 Å². The third-order valence-corrected chi connectivity index (χ3v) is 12.2. The second-order valence-corrected chi connectivity index (χ2v) is 15.2. The molecule has 0 spiro atoms. The van der Waals surface area contributed by atoms with E-state index in [1.807, 2.05) is 23.6 Å². The molecule has 224 valence electrons. The van der Waals surface area contributed by atoms with Gasteiger partial charge in [-0.2, -0.15) is 0 Å². The van der Waals surface area contributed by atoms with Crippen LogP contribution in [0.1, 0.15) is 88.6 Å². The van der Waals surface area contributed by atoms with Crippen LogP contribution in [0.5, 0.6) is 0 Å². The van der Waals surface area contributed by atoms with Gasteiger partial charge >= 0.3 is 0 Å². The van der Waals surface area contributed by atoms with Crippen LogP contribution in [0.2, 0.25) is 0 Å². The molecule has 41 heavy (non-hydrogen) atoms. The Bertz CT molecular complexity index is 1290. The van der Waals surface area contributed by atoms with Gasteiger partial charge in [-0.05, 0) is 74.6 Å². The van der Waals surface area contributed by atoms with E-state index in [0.717, 1.165) is 5.56 Å². The number of benzene rings is 2. The van der Waals surface area contributed by atoms with Crippen LogP contribution in [0.15, 0.2) is 53.4 Å². The maximum Gasteiger partial charge on any atom is 0.255 e. The molecule has 2 amide bonds. The Morgan fingerprint density at radius 3 is 2.17 bits per heavy atom. The van der Waals surface area contributed by atoms with E-state index in [4.69, 9.17) is 0 Å². The molecular formula is C32H45N3O4S2. The topological polar surface area (TPSA) is 95.6 Å². The second kappa shape index (κ2) is 13.7. The van der Waals surface area contributed by atoms with Gasteiger partial charge in [0, 0.05) is 28.6 Å². The summed E-state index contributed by atoms with van der Waals surface area (Å²) in [6.07, 6.45) is 9.21. The number of anilines is 1. The molecule has 9 heteroatoms. The molecular weight excluding hydrogens is 555 g/mol. The first kappa shape index (κ1) is 31.6. The summed E-state index contributed by atoms with van der Waals surface area (Å²) in [5.41, 5.74) is 1.85. The van der Waals surface area contributed by atoms with E-state index < -0.39 is 9.84 Å². The normalized spacial score (nSPS) is 23.9. The fourth-order valence-corrected chi connectivity index (χ4v) is 8.59. The molecule has 2 aromatic carbocycles. The lowest BCUT2D eigenvalue weighted by atomic mass is 9.75. The summed E-state index contributed by atoms with van der Waals surface area (Å²) >= 11 is 1.85. The van der Waals surface area contributed by atoms with E-state index in [1.165, 1.54) is 44.9 Å². The number of thioether (sulfide) groups is 1. The van der Waals surface area contributed by atoms with Gasteiger partial charge in [0.1, 0.15) is 5.50 Å². The first-order valence-electron chi connectivity index (χ1n) is 15.0. The zero-order chi connectivity index (χ0) is 29.6. The molecule has 3 unspecified atom stereocenters. The van der Waals surface area contributed by atoms with Gasteiger partial charge in [0.25, 0.3) is 5.91 Å². The molecule has 7 nitrogen and oxygen atoms in total. The molecule has 3 atom stereocenters. The summed E-state index contributed by atoms with van der Waals surface area (Å²) in [5, 5.41) is 7.17. The van der Waals surface area contributed by atoms with E-state index in [1.54, 1.807) is 55.5 Å². The van der Waals surface area contributed by atoms with Crippen LogP contribution in [0.3, 0.4) is 0 Å². The zero-order valence-electron chi connectivity index (χ0n) is 24.8. The number of carbonyl (C=O) groups is 2. The van der Waals surface area contributed by atoms with Crippen LogP contribution in [0.25, 0.3) is 0 Å². The number of nitrogens with one attached hydrogen (secondary N) is 2. The molecule has 0 aromatic heterocycles. The summed E-state index contributed by atoms with van der Waals surface area (Å²) in [4.78, 5) is 28.4. The Hall–Kier alpha value is -2.36. The SMILES string of the molecule is CCN(C(=O)c1ccc(NC(=O)Cc2ccc(S(=O)(=O)CC)cc2)cc1)C1NC(C)(C2CCCCCCC2)C(C)S1. The van der Waals surface area contributed by atoms with Crippen LogP contribution in [-0.2, 0) is 21.1 Å². The average Bonchev–Trinajstić information content (AvgIpc) is 3.23. The molecule has 1 aliphatic carbocycles. The van der Waals surface area contributed by atoms with Gasteiger partial charge in [-0.3, -0.25) is 14.9 Å². The van der Waals surface area contributed by atoms with Crippen LogP contribution in [-0.4, -0.2) is 53.7 Å². The highest BCUT2D eigenvalue weighted by Gasteiger charge is 2.48. The molecule has 0 radical (unpaired) electrons. The van der Waals surface area contributed by atoms with Crippen molar-refractivity contribution in [1.29, 1.82) is 0 Å². The minimum atomic E-state index is -3.27. The first-order chi connectivity index (χ1) is 19.6. The number of rotatable bonds is 9. The Labute approximate surface area is 250 Å². The van der Waals surface area contributed by atoms with Gasteiger partial charge in [0.15, 0.2) is 9.84 Å². The van der Waals surface area contributed by atoms with Crippen molar-refractivity contribution in [1.82, 2.24) is 10.2 Å². The first-order valence-corrected chi connectivity index (χ1v) is 17.6. The Morgan fingerprint density at radius 1 is 0.976 bits per heavy atom. The van der Waals surface area contributed by atoms with Crippen LogP contribution in [0, 0.1) is 5.92 Å². The molecule has 1 saturated carbocycles. The van der Waals surface area contributed by atoms with Gasteiger partial charge in [0.2, 0.25) is 5.91 Å². The van der Waals surface area contributed by atoms with Crippen molar-refractivity contribution in [3.8, 4) is 0 Å². The van der Waals surface area contributed by atoms with Gasteiger partial charge in [0.05, 0.1) is 17.1 Å². The van der Waals surface area contributed by atoms with E-state index >= 15 is 0 Å². The highest BCUT2D eigenvalue weighted by atomic mass is 32.2. The number of hydrogen-bond acceptors (Lipinski definition) is 6. The molecule has 2 fully saturated rings. The quantitative estimate of drug-likeness (QED) is 0.354. The van der Waals surface area contributed by atoms with E-state index in [9.17, 15) is 18.0 Å². The van der Waals surface area contributed by atoms with Crippen molar-refractivity contribution in [3.63, 3.8) is 0 Å². The van der Waals surface area contributed by atoms with E-state index in [-0.39, 0.29) is 39.9 Å². The van der Waals surface area contributed by atoms with Crippen LogP contribution in [0.4, 0.5) is 5.69 Å². The third-order valence-electron chi connectivity index (χ3n) is 8.89. The fourth-order valence-electron chi connectivity index (χ4n) is 6.06. The molecule has 2 aromatic rings. The molecule has 2 N–H and O–H groups in total. The van der Waals surface area contributed by atoms with Crippen molar-refractivity contribution in [2.24, 2.45) is 5.92 Å². The molecule has 1 saturated heterocycles. The number of nitrogens with zero attached hydrogens (tertiary/aromatic N) is 1. The lowest BCUT2D eigenvalue weighted by Crippen LogP contribution is -2.55. The largest absolute Gasteiger partial charge is 0.326 e. The Balaban J connectivity index is 1.36. The summed E-state index contributed by atoms with van der Waals surface area (Å²) in [5.74, 6) is 0.427. The van der Waals surface area contributed by atoms with Crippen molar-refractivity contribution in [2.75, 3.05) is 17.6 Å². The maximum atomic E-state index is 13.6. The minimum absolute atomic E-state index is 0.000902. The highest BCUT2D eigenvalue weighted by molar-refractivity contribution is 8.00. The summed E-state index contributed by atoms with van der Waals surface area (Å²) < 4.78 is 24.0. The monoisotopic (exact) mass is 599 g/mol. The highest BCUT2D eigenvalue weighted by Crippen LogP contribution is 2.44. The molecule has 1 aliphatic heterocycles. The van der Waals surface area contributed by atoms with Crippen molar-refractivity contribution < 1.29 is 18.0 Å². The Morgan fingerprint density at radius 2 is 1.59 bits per heavy atom. The van der Waals surface area contributed by atoms with Gasteiger partial charge in [-0.1, -0.05) is 58.1 Å². The van der Waals surface area contributed by atoms with E-state index in [2.05, 4.69) is 24.5 Å². The molecule has 1 heterocycles. The lowest BCUT2D eigenvalue weighted by Gasteiger charge is -2.39. The second-order valence-electron chi connectivity index (χ2n) is 11.5. The summed E-state index contributed by atoms with van der Waals surface area (Å²) in [6, 6.07) is 13.5. The zero-order valence-corrected chi connectivity index (χ0v) is 26.5. The number of amides is 2. The molecule has 0 bridgehead atoms. The predicted molar refractivity (Wildman–Crippen MR) is 168 cm³/mol. The smallest absolute Gasteiger partial charge is 0.255 e. The fraction of sp³-hybridized carbons (Fsp3) is 0.562. The van der Waals surface area contributed by atoms with Gasteiger partial charge in [-0.25, -0.2) is 8.42 Å². The summed E-state index contributed by atoms with van der Waals surface area (Å²) in [7, 11) is -3.27. The maximum absolute atomic E-state index is 13.6. The van der Waals surface area contributed by atoms with E-state index in [0.29, 0.717) is 29.0 Å².